The van der Waals surface area contributed by atoms with Crippen molar-refractivity contribution in [3.05, 3.63) is 36.0 Å². The fourth-order valence-electron chi connectivity index (χ4n) is 2.50. The van der Waals surface area contributed by atoms with E-state index in [4.69, 9.17) is 0 Å². The number of fused-ring (bicyclic) bond motifs is 1. The second kappa shape index (κ2) is 4.19. The summed E-state index contributed by atoms with van der Waals surface area (Å²) >= 11 is 0. The van der Waals surface area contributed by atoms with Gasteiger partial charge >= 0.3 is 0 Å². The van der Waals surface area contributed by atoms with Crippen LogP contribution in [-0.4, -0.2) is 11.6 Å². The molecule has 0 radical (unpaired) electrons. The molecule has 1 fully saturated rings. The average molecular weight is 228 g/mol. The lowest BCUT2D eigenvalue weighted by Crippen LogP contribution is -2.17. The Balaban J connectivity index is 2.10. The van der Waals surface area contributed by atoms with Crippen molar-refractivity contribution in [1.82, 2.24) is 9.88 Å². The highest BCUT2D eigenvalue weighted by atomic mass is 15.0. The van der Waals surface area contributed by atoms with E-state index in [2.05, 4.69) is 47.1 Å². The maximum atomic E-state index is 3.36. The van der Waals surface area contributed by atoms with Gasteiger partial charge in [-0.25, -0.2) is 0 Å². The summed E-state index contributed by atoms with van der Waals surface area (Å²) in [5.41, 5.74) is 2.80. The van der Waals surface area contributed by atoms with Crippen molar-refractivity contribution in [3.63, 3.8) is 0 Å². The molecule has 1 aromatic carbocycles. The Morgan fingerprint density at radius 2 is 2.12 bits per heavy atom. The van der Waals surface area contributed by atoms with Crippen LogP contribution in [0, 0.1) is 5.92 Å². The minimum Gasteiger partial charge on any atom is -0.343 e. The van der Waals surface area contributed by atoms with Gasteiger partial charge in [-0.1, -0.05) is 18.2 Å². The summed E-state index contributed by atoms with van der Waals surface area (Å²) in [4.78, 5) is 0. The molecule has 0 bridgehead atoms. The lowest BCUT2D eigenvalue weighted by molar-refractivity contribution is 0.553. The van der Waals surface area contributed by atoms with Crippen LogP contribution in [0.1, 0.15) is 31.5 Å². The highest BCUT2D eigenvalue weighted by molar-refractivity contribution is 5.81. The Kier molecular flexibility index (Phi) is 2.67. The van der Waals surface area contributed by atoms with E-state index in [9.17, 15) is 0 Å². The lowest BCUT2D eigenvalue weighted by atomic mass is 10.2. The molecule has 1 aliphatic rings. The molecule has 1 heterocycles. The molecule has 0 spiro atoms. The molecule has 1 N–H and O–H groups in total. The third-order valence-electron chi connectivity index (χ3n) is 3.86. The minimum absolute atomic E-state index is 0.418. The van der Waals surface area contributed by atoms with E-state index < -0.39 is 0 Å². The molecule has 2 heteroatoms. The van der Waals surface area contributed by atoms with Crippen molar-refractivity contribution in [2.24, 2.45) is 5.92 Å². The zero-order valence-electron chi connectivity index (χ0n) is 10.6. The molecule has 0 amide bonds. The Labute approximate surface area is 103 Å². The second-order valence-corrected chi connectivity index (χ2v) is 5.19. The molecule has 90 valence electrons. The first-order valence-electron chi connectivity index (χ1n) is 6.55. The van der Waals surface area contributed by atoms with Gasteiger partial charge in [-0.05, 0) is 50.2 Å². The molecule has 17 heavy (non-hydrogen) atoms. The van der Waals surface area contributed by atoms with Crippen LogP contribution in [0.15, 0.2) is 30.3 Å². The summed E-state index contributed by atoms with van der Waals surface area (Å²) in [6.45, 7) is 3.42. The van der Waals surface area contributed by atoms with Crippen LogP contribution in [0.2, 0.25) is 0 Å². The van der Waals surface area contributed by atoms with Crippen LogP contribution in [0.25, 0.3) is 10.9 Å². The predicted molar refractivity (Wildman–Crippen MR) is 72.1 cm³/mol. The van der Waals surface area contributed by atoms with E-state index in [0.29, 0.717) is 6.04 Å². The standard InChI is InChI=1S/C15H20N2/c1-11(16-2)15-9-13-5-3-4-6-14(13)17(15)10-12-7-8-12/h3-6,9,11-12,16H,7-8,10H2,1-2H3. The number of benzene rings is 1. The SMILES string of the molecule is CNC(C)c1cc2ccccc2n1CC1CC1. The zero-order chi connectivity index (χ0) is 11.8. The minimum atomic E-state index is 0.418. The van der Waals surface area contributed by atoms with Crippen molar-refractivity contribution in [1.29, 1.82) is 0 Å². The van der Waals surface area contributed by atoms with Gasteiger partial charge in [-0.2, -0.15) is 0 Å². The number of nitrogens with zero attached hydrogens (tertiary/aromatic N) is 1. The van der Waals surface area contributed by atoms with Crippen molar-refractivity contribution in [2.75, 3.05) is 7.05 Å². The monoisotopic (exact) mass is 228 g/mol. The van der Waals surface area contributed by atoms with Crippen molar-refractivity contribution in [3.8, 4) is 0 Å². The summed E-state index contributed by atoms with van der Waals surface area (Å²) in [5.74, 6) is 0.911. The summed E-state index contributed by atoms with van der Waals surface area (Å²) in [6, 6.07) is 11.5. The number of hydrogen-bond donors (Lipinski definition) is 1. The average Bonchev–Trinajstić information content (AvgIpc) is 3.10. The van der Waals surface area contributed by atoms with Gasteiger partial charge < -0.3 is 9.88 Å². The smallest absolute Gasteiger partial charge is 0.0483 e. The first-order valence-corrected chi connectivity index (χ1v) is 6.55. The molecular formula is C15H20N2. The zero-order valence-corrected chi connectivity index (χ0v) is 10.6. The van der Waals surface area contributed by atoms with E-state index in [1.807, 2.05) is 7.05 Å². The number of para-hydroxylation sites is 1. The number of nitrogens with one attached hydrogen (secondary N) is 1. The fraction of sp³-hybridized carbons (Fsp3) is 0.467. The molecule has 1 atom stereocenters. The topological polar surface area (TPSA) is 17.0 Å². The molecule has 0 saturated heterocycles. The van der Waals surface area contributed by atoms with Crippen LogP contribution in [0.3, 0.4) is 0 Å². The van der Waals surface area contributed by atoms with Gasteiger partial charge in [0.15, 0.2) is 0 Å². The van der Waals surface area contributed by atoms with Gasteiger partial charge in [0.2, 0.25) is 0 Å². The first kappa shape index (κ1) is 10.8. The molecule has 1 aromatic heterocycles. The molecular weight excluding hydrogens is 208 g/mol. The quantitative estimate of drug-likeness (QED) is 0.849. The Morgan fingerprint density at radius 1 is 1.35 bits per heavy atom. The highest BCUT2D eigenvalue weighted by Crippen LogP contribution is 2.34. The third-order valence-corrected chi connectivity index (χ3v) is 3.86. The van der Waals surface area contributed by atoms with Gasteiger partial charge in [0, 0.05) is 23.8 Å². The maximum Gasteiger partial charge on any atom is 0.0483 e. The normalized spacial score (nSPS) is 17.5. The van der Waals surface area contributed by atoms with Crippen LogP contribution in [0.5, 0.6) is 0 Å². The Hall–Kier alpha value is -1.28. The van der Waals surface area contributed by atoms with Gasteiger partial charge in [0.1, 0.15) is 0 Å². The van der Waals surface area contributed by atoms with E-state index >= 15 is 0 Å². The first-order chi connectivity index (χ1) is 8.29. The lowest BCUT2D eigenvalue weighted by Gasteiger charge is -2.15. The fourth-order valence-corrected chi connectivity index (χ4v) is 2.50. The molecule has 2 nitrogen and oxygen atoms in total. The number of aromatic nitrogens is 1. The molecule has 0 aliphatic heterocycles. The highest BCUT2D eigenvalue weighted by Gasteiger charge is 2.24. The largest absolute Gasteiger partial charge is 0.343 e. The summed E-state index contributed by atoms with van der Waals surface area (Å²) < 4.78 is 2.51. The van der Waals surface area contributed by atoms with Crippen LogP contribution >= 0.6 is 0 Å². The molecule has 1 aliphatic carbocycles. The van der Waals surface area contributed by atoms with Crippen LogP contribution < -0.4 is 5.32 Å². The Bertz CT molecular complexity index is 523. The van der Waals surface area contributed by atoms with E-state index in [1.54, 1.807) is 0 Å². The molecule has 3 rings (SSSR count). The summed E-state index contributed by atoms with van der Waals surface area (Å²) in [5, 5.41) is 4.72. The van der Waals surface area contributed by atoms with E-state index in [1.165, 1.54) is 36.0 Å². The van der Waals surface area contributed by atoms with Crippen molar-refractivity contribution >= 4 is 10.9 Å². The number of hydrogen-bond acceptors (Lipinski definition) is 1. The third kappa shape index (κ3) is 1.98. The van der Waals surface area contributed by atoms with Gasteiger partial charge in [0.05, 0.1) is 0 Å². The molecule has 2 aromatic rings. The number of rotatable bonds is 4. The molecule has 1 unspecified atom stereocenters. The summed E-state index contributed by atoms with van der Waals surface area (Å²) in [6.07, 6.45) is 2.81. The van der Waals surface area contributed by atoms with E-state index in [0.717, 1.165) is 5.92 Å². The summed E-state index contributed by atoms with van der Waals surface area (Å²) in [7, 11) is 2.03. The predicted octanol–water partition coefficient (Wildman–Crippen LogP) is 3.33. The van der Waals surface area contributed by atoms with Crippen molar-refractivity contribution in [2.45, 2.75) is 32.4 Å². The van der Waals surface area contributed by atoms with Gasteiger partial charge in [0.25, 0.3) is 0 Å². The van der Waals surface area contributed by atoms with Gasteiger partial charge in [-0.3, -0.25) is 0 Å². The van der Waals surface area contributed by atoms with Crippen molar-refractivity contribution < 1.29 is 0 Å². The second-order valence-electron chi connectivity index (χ2n) is 5.19. The van der Waals surface area contributed by atoms with E-state index in [-0.39, 0.29) is 0 Å². The van der Waals surface area contributed by atoms with Crippen LogP contribution in [-0.2, 0) is 6.54 Å². The maximum absolute atomic E-state index is 3.36. The molecule has 1 saturated carbocycles. The van der Waals surface area contributed by atoms with Gasteiger partial charge in [-0.15, -0.1) is 0 Å². The van der Waals surface area contributed by atoms with Crippen LogP contribution in [0.4, 0.5) is 0 Å². The Morgan fingerprint density at radius 3 is 2.82 bits per heavy atom.